The number of nitrogens with zero attached hydrogens (tertiary/aromatic N) is 1. The molecule has 0 radical (unpaired) electrons. The molecular formula is C10H13ClN2O. The lowest BCUT2D eigenvalue weighted by Crippen LogP contribution is -2.03. The van der Waals surface area contributed by atoms with Crippen LogP contribution in [-0.4, -0.2) is 18.1 Å². The van der Waals surface area contributed by atoms with Gasteiger partial charge in [0.15, 0.2) is 0 Å². The van der Waals surface area contributed by atoms with Gasteiger partial charge in [-0.05, 0) is 13.0 Å². The molecule has 0 atom stereocenters. The van der Waals surface area contributed by atoms with Crippen molar-refractivity contribution in [2.75, 3.05) is 18.5 Å². The lowest BCUT2D eigenvalue weighted by Gasteiger charge is -2.06. The summed E-state index contributed by atoms with van der Waals surface area (Å²) in [6.45, 7) is 6.61. The van der Waals surface area contributed by atoms with E-state index in [1.807, 2.05) is 25.1 Å². The van der Waals surface area contributed by atoms with Crippen LogP contribution in [0.1, 0.15) is 6.92 Å². The molecule has 0 aliphatic carbocycles. The molecular weight excluding hydrogens is 200 g/mol. The summed E-state index contributed by atoms with van der Waals surface area (Å²) in [6.07, 6.45) is 0. The molecule has 14 heavy (non-hydrogen) atoms. The summed E-state index contributed by atoms with van der Waals surface area (Å²) in [6, 6.07) is 5.53. The van der Waals surface area contributed by atoms with E-state index in [4.69, 9.17) is 16.3 Å². The van der Waals surface area contributed by atoms with E-state index in [1.165, 1.54) is 0 Å². The van der Waals surface area contributed by atoms with Crippen LogP contribution in [0.4, 0.5) is 5.82 Å². The fourth-order valence-corrected chi connectivity index (χ4v) is 0.995. The van der Waals surface area contributed by atoms with Gasteiger partial charge in [0.2, 0.25) is 5.88 Å². The Hall–Kier alpha value is -1.22. The monoisotopic (exact) mass is 212 g/mol. The van der Waals surface area contributed by atoms with Gasteiger partial charge in [0, 0.05) is 11.1 Å². The third kappa shape index (κ3) is 3.66. The minimum absolute atomic E-state index is 0.504. The van der Waals surface area contributed by atoms with E-state index >= 15 is 0 Å². The molecule has 0 bridgehead atoms. The molecule has 1 aromatic rings. The quantitative estimate of drug-likeness (QED) is 0.815. The highest BCUT2D eigenvalue weighted by Gasteiger charge is 1.97. The molecule has 1 heterocycles. The second-order valence-corrected chi connectivity index (χ2v) is 3.20. The molecule has 0 aliphatic heterocycles. The van der Waals surface area contributed by atoms with Crippen molar-refractivity contribution in [1.29, 1.82) is 0 Å². The Labute approximate surface area is 88.8 Å². The number of rotatable bonds is 5. The number of halogens is 1. The minimum atomic E-state index is 0.504. The Kier molecular flexibility index (Phi) is 4.26. The van der Waals surface area contributed by atoms with Gasteiger partial charge in [-0.1, -0.05) is 24.2 Å². The van der Waals surface area contributed by atoms with Crippen LogP contribution < -0.4 is 10.1 Å². The summed E-state index contributed by atoms with van der Waals surface area (Å²) in [4.78, 5) is 4.20. The Balaban J connectivity index is 2.58. The summed E-state index contributed by atoms with van der Waals surface area (Å²) in [5, 5.41) is 3.57. The Morgan fingerprint density at radius 2 is 2.43 bits per heavy atom. The molecule has 3 nitrogen and oxygen atoms in total. The zero-order valence-electron chi connectivity index (χ0n) is 8.09. The number of anilines is 1. The van der Waals surface area contributed by atoms with E-state index in [0.717, 1.165) is 5.82 Å². The molecule has 0 saturated heterocycles. The van der Waals surface area contributed by atoms with Crippen molar-refractivity contribution >= 4 is 17.4 Å². The van der Waals surface area contributed by atoms with Crippen LogP contribution in [0.15, 0.2) is 29.8 Å². The van der Waals surface area contributed by atoms with Crippen molar-refractivity contribution in [3.05, 3.63) is 29.8 Å². The van der Waals surface area contributed by atoms with Crippen molar-refractivity contribution in [3.63, 3.8) is 0 Å². The predicted octanol–water partition coefficient (Wildman–Crippen LogP) is 2.64. The van der Waals surface area contributed by atoms with Crippen LogP contribution in [-0.2, 0) is 0 Å². The van der Waals surface area contributed by atoms with Crippen molar-refractivity contribution < 1.29 is 4.74 Å². The number of hydrogen-bond donors (Lipinski definition) is 1. The minimum Gasteiger partial charge on any atom is -0.478 e. The first-order chi connectivity index (χ1) is 6.72. The van der Waals surface area contributed by atoms with Crippen molar-refractivity contribution in [1.82, 2.24) is 4.98 Å². The first-order valence-corrected chi connectivity index (χ1v) is 4.77. The molecule has 0 amide bonds. The fraction of sp³-hybridized carbons (Fsp3) is 0.300. The third-order valence-electron chi connectivity index (χ3n) is 1.48. The van der Waals surface area contributed by atoms with Crippen LogP contribution >= 0.6 is 11.6 Å². The molecule has 1 N–H and O–H groups in total. The van der Waals surface area contributed by atoms with E-state index in [9.17, 15) is 0 Å². The summed E-state index contributed by atoms with van der Waals surface area (Å²) in [7, 11) is 0. The predicted molar refractivity (Wildman–Crippen MR) is 58.9 cm³/mol. The summed E-state index contributed by atoms with van der Waals surface area (Å²) in [5.41, 5.74) is 0. The lowest BCUT2D eigenvalue weighted by molar-refractivity contribution is 0.327. The van der Waals surface area contributed by atoms with Gasteiger partial charge in [-0.2, -0.15) is 4.98 Å². The molecule has 1 aromatic heterocycles. The maximum atomic E-state index is 5.61. The number of ether oxygens (including phenoxy) is 1. The molecule has 4 heteroatoms. The van der Waals surface area contributed by atoms with Crippen molar-refractivity contribution in [3.8, 4) is 5.88 Å². The van der Waals surface area contributed by atoms with E-state index < -0.39 is 0 Å². The SMILES string of the molecule is C=C(Cl)CNc1cccc(OCC)n1. The Morgan fingerprint density at radius 1 is 1.64 bits per heavy atom. The van der Waals surface area contributed by atoms with Crippen molar-refractivity contribution in [2.45, 2.75) is 6.92 Å². The van der Waals surface area contributed by atoms with Crippen LogP contribution in [0.2, 0.25) is 0 Å². The molecule has 0 saturated carbocycles. The Morgan fingerprint density at radius 3 is 3.07 bits per heavy atom. The summed E-state index contributed by atoms with van der Waals surface area (Å²) < 4.78 is 5.25. The normalized spacial score (nSPS) is 9.57. The standard InChI is InChI=1S/C10H13ClN2O/c1-3-14-10-6-4-5-9(13-10)12-7-8(2)11/h4-6H,2-3,7H2,1H3,(H,12,13). The highest BCUT2D eigenvalue weighted by Crippen LogP contribution is 2.11. The van der Waals surface area contributed by atoms with Gasteiger partial charge in [-0.15, -0.1) is 0 Å². The fourth-order valence-electron chi connectivity index (χ4n) is 0.928. The van der Waals surface area contributed by atoms with E-state index in [-0.39, 0.29) is 0 Å². The summed E-state index contributed by atoms with van der Waals surface area (Å²) in [5.74, 6) is 1.34. The topological polar surface area (TPSA) is 34.1 Å². The Bertz CT molecular complexity index is 315. The van der Waals surface area contributed by atoms with Gasteiger partial charge < -0.3 is 10.1 Å². The first-order valence-electron chi connectivity index (χ1n) is 4.39. The third-order valence-corrected chi connectivity index (χ3v) is 1.61. The zero-order valence-corrected chi connectivity index (χ0v) is 8.84. The van der Waals surface area contributed by atoms with Gasteiger partial charge in [-0.3, -0.25) is 0 Å². The second kappa shape index (κ2) is 5.50. The van der Waals surface area contributed by atoms with Crippen LogP contribution in [0, 0.1) is 0 Å². The van der Waals surface area contributed by atoms with Crippen LogP contribution in [0.25, 0.3) is 0 Å². The highest BCUT2D eigenvalue weighted by molar-refractivity contribution is 6.29. The van der Waals surface area contributed by atoms with Crippen molar-refractivity contribution in [2.24, 2.45) is 0 Å². The molecule has 0 aliphatic rings. The second-order valence-electron chi connectivity index (χ2n) is 2.66. The van der Waals surface area contributed by atoms with Crippen LogP contribution in [0.3, 0.4) is 0 Å². The molecule has 0 aromatic carbocycles. The number of hydrogen-bond acceptors (Lipinski definition) is 3. The molecule has 76 valence electrons. The average Bonchev–Trinajstić information content (AvgIpc) is 2.16. The largest absolute Gasteiger partial charge is 0.478 e. The maximum Gasteiger partial charge on any atom is 0.215 e. The smallest absolute Gasteiger partial charge is 0.215 e. The molecule has 0 spiro atoms. The number of pyridine rings is 1. The van der Waals surface area contributed by atoms with Gasteiger partial charge in [-0.25, -0.2) is 0 Å². The van der Waals surface area contributed by atoms with Gasteiger partial charge >= 0.3 is 0 Å². The molecule has 1 rings (SSSR count). The van der Waals surface area contributed by atoms with Gasteiger partial charge in [0.1, 0.15) is 5.82 Å². The van der Waals surface area contributed by atoms with E-state index in [2.05, 4.69) is 16.9 Å². The van der Waals surface area contributed by atoms with Crippen LogP contribution in [0.5, 0.6) is 5.88 Å². The number of nitrogens with one attached hydrogen (secondary N) is 1. The first kappa shape index (κ1) is 10.9. The highest BCUT2D eigenvalue weighted by atomic mass is 35.5. The van der Waals surface area contributed by atoms with E-state index in [1.54, 1.807) is 0 Å². The number of aromatic nitrogens is 1. The zero-order chi connectivity index (χ0) is 10.4. The average molecular weight is 213 g/mol. The lowest BCUT2D eigenvalue weighted by atomic mass is 10.4. The van der Waals surface area contributed by atoms with Gasteiger partial charge in [0.05, 0.1) is 13.2 Å². The summed E-state index contributed by atoms with van der Waals surface area (Å²) >= 11 is 5.61. The molecule has 0 fully saturated rings. The van der Waals surface area contributed by atoms with Gasteiger partial charge in [0.25, 0.3) is 0 Å². The van der Waals surface area contributed by atoms with E-state index in [0.29, 0.717) is 24.1 Å². The molecule has 0 unspecified atom stereocenters. The maximum absolute atomic E-state index is 5.61.